The highest BCUT2D eigenvalue weighted by atomic mass is 19.4. The number of benzene rings is 3. The van der Waals surface area contributed by atoms with Gasteiger partial charge in [-0.15, -0.1) is 0 Å². The summed E-state index contributed by atoms with van der Waals surface area (Å²) >= 11 is 0. The number of nitrogen functional groups attached to an aromatic ring is 1. The molecule has 12 heteroatoms. The quantitative estimate of drug-likeness (QED) is 0.265. The molecule has 0 fully saturated rings. The van der Waals surface area contributed by atoms with E-state index in [2.05, 4.69) is 21.4 Å². The molecule has 9 nitrogen and oxygen atoms in total. The second kappa shape index (κ2) is 9.74. The molecule has 0 aliphatic heterocycles. The summed E-state index contributed by atoms with van der Waals surface area (Å²) in [5, 5.41) is 12.4. The zero-order valence-electron chi connectivity index (χ0n) is 22.2. The molecule has 1 amide bonds. The van der Waals surface area contributed by atoms with E-state index in [-0.39, 0.29) is 28.3 Å². The maximum absolute atomic E-state index is 13.7. The number of nitrogens with two attached hydrogens (primary N) is 1. The number of nitrogens with zero attached hydrogens (tertiary/aromatic N) is 6. The fourth-order valence-electron chi connectivity index (χ4n) is 4.77. The van der Waals surface area contributed by atoms with Crippen LogP contribution in [0.2, 0.25) is 0 Å². The van der Waals surface area contributed by atoms with Gasteiger partial charge < -0.3 is 15.6 Å². The molecule has 3 N–H and O–H groups in total. The van der Waals surface area contributed by atoms with Crippen molar-refractivity contribution in [1.29, 1.82) is 5.26 Å². The lowest BCUT2D eigenvalue weighted by atomic mass is 10.1. The van der Waals surface area contributed by atoms with Crippen molar-refractivity contribution < 1.29 is 18.0 Å². The van der Waals surface area contributed by atoms with Crippen LogP contribution in [0.15, 0.2) is 73.2 Å². The summed E-state index contributed by atoms with van der Waals surface area (Å²) in [5.74, 6) is -0.544. The van der Waals surface area contributed by atoms with Crippen molar-refractivity contribution in [2.45, 2.75) is 20.0 Å². The number of amides is 1. The lowest BCUT2D eigenvalue weighted by molar-refractivity contribution is -0.137. The molecule has 208 valence electrons. The Morgan fingerprint density at radius 3 is 2.43 bits per heavy atom. The van der Waals surface area contributed by atoms with Gasteiger partial charge in [0.1, 0.15) is 23.0 Å². The van der Waals surface area contributed by atoms with E-state index in [1.807, 2.05) is 12.1 Å². The SMILES string of the molecule is Cc1cn(-c2cc(NC(=O)c3ccc(C)c(-n4c(N)c(C#N)c5nc6ccccc6nc54)c3)cc(C(F)(F)F)c2)cn1. The average Bonchev–Trinajstić information content (AvgIpc) is 3.51. The van der Waals surface area contributed by atoms with E-state index in [9.17, 15) is 23.2 Å². The molecule has 0 atom stereocenters. The Morgan fingerprint density at radius 2 is 1.76 bits per heavy atom. The summed E-state index contributed by atoms with van der Waals surface area (Å²) in [6.45, 7) is 3.52. The molecule has 0 unspecified atom stereocenters. The number of hydrogen-bond acceptors (Lipinski definition) is 6. The molecular formula is C30H21F3N8O. The third kappa shape index (κ3) is 4.56. The minimum Gasteiger partial charge on any atom is -0.384 e. The van der Waals surface area contributed by atoms with Crippen LogP contribution in [-0.4, -0.2) is 30.0 Å². The largest absolute Gasteiger partial charge is 0.416 e. The van der Waals surface area contributed by atoms with Gasteiger partial charge >= 0.3 is 6.18 Å². The van der Waals surface area contributed by atoms with Crippen LogP contribution in [0.3, 0.4) is 0 Å². The number of aryl methyl sites for hydroxylation is 2. The predicted octanol–water partition coefficient (Wildman–Crippen LogP) is 6.10. The third-order valence-electron chi connectivity index (χ3n) is 6.83. The van der Waals surface area contributed by atoms with E-state index in [0.717, 1.165) is 12.1 Å². The maximum Gasteiger partial charge on any atom is 0.416 e. The molecule has 0 bridgehead atoms. The molecule has 3 heterocycles. The second-order valence-electron chi connectivity index (χ2n) is 9.74. The molecule has 0 saturated heterocycles. The van der Waals surface area contributed by atoms with E-state index in [1.54, 1.807) is 54.9 Å². The van der Waals surface area contributed by atoms with Crippen LogP contribution in [0.25, 0.3) is 33.6 Å². The number of fused-ring (bicyclic) bond motifs is 2. The normalized spacial score (nSPS) is 11.6. The Bertz CT molecular complexity index is 2090. The molecule has 0 aliphatic rings. The van der Waals surface area contributed by atoms with Gasteiger partial charge in [0.05, 0.1) is 34.3 Å². The van der Waals surface area contributed by atoms with E-state index < -0.39 is 17.6 Å². The molecule has 3 aromatic heterocycles. The summed E-state index contributed by atoms with van der Waals surface area (Å²) in [6.07, 6.45) is -1.66. The fraction of sp³-hybridized carbons (Fsp3) is 0.100. The molecule has 0 radical (unpaired) electrons. The number of aromatic nitrogens is 5. The zero-order valence-corrected chi connectivity index (χ0v) is 22.2. The van der Waals surface area contributed by atoms with E-state index in [0.29, 0.717) is 39.1 Å². The van der Waals surface area contributed by atoms with E-state index in [4.69, 9.17) is 10.7 Å². The molecular weight excluding hydrogens is 545 g/mol. The summed E-state index contributed by atoms with van der Waals surface area (Å²) in [6, 6.07) is 17.4. The van der Waals surface area contributed by atoms with Crippen molar-refractivity contribution >= 4 is 39.6 Å². The molecule has 0 spiro atoms. The zero-order chi connectivity index (χ0) is 29.8. The smallest absolute Gasteiger partial charge is 0.384 e. The van der Waals surface area contributed by atoms with Gasteiger partial charge in [0.25, 0.3) is 5.91 Å². The summed E-state index contributed by atoms with van der Waals surface area (Å²) in [7, 11) is 0. The number of carbonyl (C=O) groups excluding carboxylic acids is 1. The standard InChI is InChI=1S/C30H21F3N8O/c1-16-7-8-18(29(42)37-20-10-19(30(31,32)33)11-21(12-20)40-14-17(2)36-15-40)9-25(16)41-27(35)22(13-34)26-28(41)39-24-6-4-3-5-23(24)38-26/h3-12,14-15H,35H2,1-2H3,(H,37,42). The molecule has 3 aromatic carbocycles. The van der Waals surface area contributed by atoms with Crippen LogP contribution < -0.4 is 11.1 Å². The third-order valence-corrected chi connectivity index (χ3v) is 6.83. The first-order chi connectivity index (χ1) is 20.0. The second-order valence-corrected chi connectivity index (χ2v) is 9.74. The van der Waals surface area contributed by atoms with E-state index in [1.165, 1.54) is 17.0 Å². The van der Waals surface area contributed by atoms with Crippen molar-refractivity contribution in [3.63, 3.8) is 0 Å². The van der Waals surface area contributed by atoms with Gasteiger partial charge in [-0.05, 0) is 61.9 Å². The highest BCUT2D eigenvalue weighted by molar-refractivity contribution is 6.05. The number of hydrogen-bond donors (Lipinski definition) is 2. The molecule has 42 heavy (non-hydrogen) atoms. The number of carbonyl (C=O) groups is 1. The van der Waals surface area contributed by atoms with Gasteiger partial charge in [-0.1, -0.05) is 18.2 Å². The first-order valence-corrected chi connectivity index (χ1v) is 12.7. The van der Waals surface area contributed by atoms with Crippen molar-refractivity contribution in [2.75, 3.05) is 11.1 Å². The van der Waals surface area contributed by atoms with Crippen LogP contribution in [0.4, 0.5) is 24.7 Å². The number of imidazole rings is 1. The van der Waals surface area contributed by atoms with Crippen LogP contribution in [0.5, 0.6) is 0 Å². The maximum atomic E-state index is 13.7. The van der Waals surface area contributed by atoms with Crippen LogP contribution in [0, 0.1) is 25.2 Å². The minimum atomic E-state index is -4.64. The Balaban J connectivity index is 1.43. The van der Waals surface area contributed by atoms with Crippen molar-refractivity contribution in [3.8, 4) is 17.4 Å². The number of para-hydroxylation sites is 2. The Morgan fingerprint density at radius 1 is 1.02 bits per heavy atom. The summed E-state index contributed by atoms with van der Waals surface area (Å²) < 4.78 is 44.2. The molecule has 0 saturated carbocycles. The van der Waals surface area contributed by atoms with Crippen LogP contribution >= 0.6 is 0 Å². The average molecular weight is 567 g/mol. The number of anilines is 2. The summed E-state index contributed by atoms with van der Waals surface area (Å²) in [4.78, 5) is 26.7. The molecule has 6 rings (SSSR count). The van der Waals surface area contributed by atoms with Crippen molar-refractivity contribution in [1.82, 2.24) is 24.1 Å². The molecule has 0 aliphatic carbocycles. The minimum absolute atomic E-state index is 0.0478. The fourth-order valence-corrected chi connectivity index (χ4v) is 4.77. The first-order valence-electron chi connectivity index (χ1n) is 12.7. The van der Waals surface area contributed by atoms with Gasteiger partial charge in [0.15, 0.2) is 5.65 Å². The van der Waals surface area contributed by atoms with Crippen molar-refractivity contribution in [2.24, 2.45) is 0 Å². The van der Waals surface area contributed by atoms with Gasteiger partial charge in [0.2, 0.25) is 0 Å². The van der Waals surface area contributed by atoms with Crippen molar-refractivity contribution in [3.05, 3.63) is 101 Å². The van der Waals surface area contributed by atoms with Gasteiger partial charge in [-0.3, -0.25) is 9.36 Å². The topological polar surface area (TPSA) is 127 Å². The highest BCUT2D eigenvalue weighted by Gasteiger charge is 2.32. The Hall–Kier alpha value is -5.70. The van der Waals surface area contributed by atoms with Gasteiger partial charge in [-0.2, -0.15) is 18.4 Å². The number of nitriles is 1. The monoisotopic (exact) mass is 566 g/mol. The molecule has 6 aromatic rings. The summed E-state index contributed by atoms with van der Waals surface area (Å²) in [5.41, 5.74) is 9.57. The lowest BCUT2D eigenvalue weighted by Gasteiger charge is -2.15. The highest BCUT2D eigenvalue weighted by Crippen LogP contribution is 2.34. The number of alkyl halides is 3. The van der Waals surface area contributed by atoms with Gasteiger partial charge in [0, 0.05) is 23.1 Å². The number of nitrogens with one attached hydrogen (secondary N) is 1. The number of halogens is 3. The van der Waals surface area contributed by atoms with Crippen LogP contribution in [0.1, 0.15) is 32.7 Å². The van der Waals surface area contributed by atoms with E-state index >= 15 is 0 Å². The lowest BCUT2D eigenvalue weighted by Crippen LogP contribution is -2.15. The predicted molar refractivity (Wildman–Crippen MR) is 151 cm³/mol. The van der Waals surface area contributed by atoms with Gasteiger partial charge in [-0.25, -0.2) is 15.0 Å². The van der Waals surface area contributed by atoms with Crippen LogP contribution in [-0.2, 0) is 6.18 Å². The Labute approximate surface area is 236 Å². The first kappa shape index (κ1) is 26.5. The Kier molecular flexibility index (Phi) is 6.15. The number of rotatable bonds is 4.